The van der Waals surface area contributed by atoms with Gasteiger partial charge in [-0.3, -0.25) is 10.1 Å². The molecular weight excluding hydrogens is 204 g/mol. The van der Waals surface area contributed by atoms with E-state index in [0.717, 1.165) is 6.54 Å². The van der Waals surface area contributed by atoms with Crippen molar-refractivity contribution in [3.05, 3.63) is 12.4 Å². The molecule has 2 N–H and O–H groups in total. The van der Waals surface area contributed by atoms with Gasteiger partial charge in [0, 0.05) is 31.9 Å². The summed E-state index contributed by atoms with van der Waals surface area (Å²) in [5, 5.41) is 5.74. The van der Waals surface area contributed by atoms with Crippen molar-refractivity contribution in [1.82, 2.24) is 14.9 Å². The molecule has 0 aromatic carbocycles. The van der Waals surface area contributed by atoms with Gasteiger partial charge in [-0.05, 0) is 13.0 Å². The van der Waals surface area contributed by atoms with Crippen LogP contribution in [0.5, 0.6) is 0 Å². The molecule has 1 aromatic heterocycles. The summed E-state index contributed by atoms with van der Waals surface area (Å²) in [4.78, 5) is 15.6. The quantitative estimate of drug-likeness (QED) is 0.760. The predicted octanol–water partition coefficient (Wildman–Crippen LogP) is 1.09. The second kappa shape index (κ2) is 6.27. The van der Waals surface area contributed by atoms with Crippen LogP contribution < -0.4 is 10.6 Å². The second-order valence-corrected chi connectivity index (χ2v) is 4.20. The molecule has 1 aromatic rings. The van der Waals surface area contributed by atoms with E-state index >= 15 is 0 Å². The summed E-state index contributed by atoms with van der Waals surface area (Å²) in [6.45, 7) is 5.80. The van der Waals surface area contributed by atoms with Crippen LogP contribution in [0.3, 0.4) is 0 Å². The first-order chi connectivity index (χ1) is 7.63. The molecule has 5 nitrogen and oxygen atoms in total. The number of nitrogens with zero attached hydrogens (tertiary/aromatic N) is 2. The van der Waals surface area contributed by atoms with Crippen LogP contribution in [0.15, 0.2) is 12.4 Å². The lowest BCUT2D eigenvalue weighted by Gasteiger charge is -2.10. The van der Waals surface area contributed by atoms with Crippen molar-refractivity contribution in [2.75, 3.05) is 18.9 Å². The van der Waals surface area contributed by atoms with Crippen LogP contribution in [-0.4, -0.2) is 29.1 Å². The summed E-state index contributed by atoms with van der Waals surface area (Å²) >= 11 is 0. The number of carbonyl (C=O) groups is 1. The lowest BCUT2D eigenvalue weighted by molar-refractivity contribution is -0.116. The number of imidazole rings is 1. The van der Waals surface area contributed by atoms with E-state index in [1.807, 2.05) is 17.8 Å². The molecule has 90 valence electrons. The highest BCUT2D eigenvalue weighted by Crippen LogP contribution is 2.08. The van der Waals surface area contributed by atoms with Crippen LogP contribution in [0.4, 0.5) is 5.95 Å². The molecular formula is C11H20N4O. The van der Waals surface area contributed by atoms with Crippen molar-refractivity contribution < 1.29 is 4.79 Å². The maximum atomic E-state index is 11.5. The predicted molar refractivity (Wildman–Crippen MR) is 64.2 cm³/mol. The number of hydrogen-bond donors (Lipinski definition) is 2. The number of amides is 1. The second-order valence-electron chi connectivity index (χ2n) is 4.20. The van der Waals surface area contributed by atoms with Gasteiger partial charge in [-0.15, -0.1) is 0 Å². The minimum absolute atomic E-state index is 0.00874. The molecule has 0 aliphatic carbocycles. The highest BCUT2D eigenvalue weighted by molar-refractivity contribution is 5.89. The molecule has 0 fully saturated rings. The van der Waals surface area contributed by atoms with Gasteiger partial charge in [0.05, 0.1) is 0 Å². The van der Waals surface area contributed by atoms with Gasteiger partial charge in [-0.2, -0.15) is 0 Å². The topological polar surface area (TPSA) is 59.0 Å². The Balaban J connectivity index is 2.52. The van der Waals surface area contributed by atoms with Crippen molar-refractivity contribution in [2.24, 2.45) is 5.92 Å². The van der Waals surface area contributed by atoms with E-state index < -0.39 is 0 Å². The fraction of sp³-hybridized carbons (Fsp3) is 0.636. The first kappa shape index (κ1) is 12.7. The van der Waals surface area contributed by atoms with Crippen LogP contribution in [0.1, 0.15) is 20.3 Å². The SMILES string of the molecule is CNCCC(=O)Nc1nccn1CC(C)C. The Morgan fingerprint density at radius 2 is 2.31 bits per heavy atom. The molecule has 0 atom stereocenters. The molecule has 0 saturated carbocycles. The molecule has 0 saturated heterocycles. The molecule has 1 amide bonds. The van der Waals surface area contributed by atoms with Gasteiger partial charge in [0.25, 0.3) is 0 Å². The Labute approximate surface area is 96.3 Å². The van der Waals surface area contributed by atoms with Crippen molar-refractivity contribution in [3.63, 3.8) is 0 Å². The van der Waals surface area contributed by atoms with E-state index in [0.29, 0.717) is 24.8 Å². The molecule has 0 spiro atoms. The van der Waals surface area contributed by atoms with Gasteiger partial charge in [-0.1, -0.05) is 13.8 Å². The van der Waals surface area contributed by atoms with E-state index in [1.54, 1.807) is 6.20 Å². The van der Waals surface area contributed by atoms with E-state index in [9.17, 15) is 4.79 Å². The summed E-state index contributed by atoms with van der Waals surface area (Å²) in [6, 6.07) is 0. The molecule has 16 heavy (non-hydrogen) atoms. The van der Waals surface area contributed by atoms with Gasteiger partial charge in [-0.25, -0.2) is 4.98 Å². The van der Waals surface area contributed by atoms with E-state index in [1.165, 1.54) is 0 Å². The number of anilines is 1. The van der Waals surface area contributed by atoms with Crippen LogP contribution in [0.2, 0.25) is 0 Å². The van der Waals surface area contributed by atoms with E-state index in [4.69, 9.17) is 0 Å². The van der Waals surface area contributed by atoms with E-state index in [-0.39, 0.29) is 5.91 Å². The molecule has 0 unspecified atom stereocenters. The van der Waals surface area contributed by atoms with Crippen molar-refractivity contribution >= 4 is 11.9 Å². The highest BCUT2D eigenvalue weighted by atomic mass is 16.1. The average Bonchev–Trinajstić information content (AvgIpc) is 2.62. The summed E-state index contributed by atoms with van der Waals surface area (Å²) in [5.74, 6) is 1.16. The zero-order valence-corrected chi connectivity index (χ0v) is 10.2. The molecule has 1 rings (SSSR count). The summed E-state index contributed by atoms with van der Waals surface area (Å²) in [6.07, 6.45) is 4.05. The molecule has 0 radical (unpaired) electrons. The van der Waals surface area contributed by atoms with Crippen LogP contribution in [0, 0.1) is 5.92 Å². The van der Waals surface area contributed by atoms with Crippen LogP contribution >= 0.6 is 0 Å². The number of nitrogens with one attached hydrogen (secondary N) is 2. The zero-order valence-electron chi connectivity index (χ0n) is 10.2. The Kier molecular flexibility index (Phi) is 4.98. The van der Waals surface area contributed by atoms with Gasteiger partial charge < -0.3 is 9.88 Å². The monoisotopic (exact) mass is 224 g/mol. The lowest BCUT2D eigenvalue weighted by Crippen LogP contribution is -2.21. The summed E-state index contributed by atoms with van der Waals surface area (Å²) < 4.78 is 1.96. The van der Waals surface area contributed by atoms with Crippen LogP contribution in [-0.2, 0) is 11.3 Å². The van der Waals surface area contributed by atoms with Gasteiger partial charge in [0.2, 0.25) is 11.9 Å². The van der Waals surface area contributed by atoms with Crippen molar-refractivity contribution in [3.8, 4) is 0 Å². The first-order valence-electron chi connectivity index (χ1n) is 5.59. The van der Waals surface area contributed by atoms with Gasteiger partial charge >= 0.3 is 0 Å². The van der Waals surface area contributed by atoms with Crippen molar-refractivity contribution in [1.29, 1.82) is 0 Å². The standard InChI is InChI=1S/C11H20N4O/c1-9(2)8-15-7-6-13-11(15)14-10(16)4-5-12-3/h6-7,9,12H,4-5,8H2,1-3H3,(H,13,14,16). The Morgan fingerprint density at radius 3 is 2.94 bits per heavy atom. The fourth-order valence-corrected chi connectivity index (χ4v) is 1.40. The third-order valence-corrected chi connectivity index (χ3v) is 2.13. The summed E-state index contributed by atoms with van der Waals surface area (Å²) in [7, 11) is 1.83. The minimum Gasteiger partial charge on any atom is -0.319 e. The Morgan fingerprint density at radius 1 is 1.56 bits per heavy atom. The molecule has 5 heteroatoms. The average molecular weight is 224 g/mol. The largest absolute Gasteiger partial charge is 0.319 e. The third-order valence-electron chi connectivity index (χ3n) is 2.13. The Hall–Kier alpha value is -1.36. The molecule has 0 bridgehead atoms. The summed E-state index contributed by atoms with van der Waals surface area (Å²) in [5.41, 5.74) is 0. The van der Waals surface area contributed by atoms with E-state index in [2.05, 4.69) is 29.5 Å². The molecule has 0 aliphatic rings. The maximum absolute atomic E-state index is 11.5. The maximum Gasteiger partial charge on any atom is 0.227 e. The first-order valence-corrected chi connectivity index (χ1v) is 5.59. The van der Waals surface area contributed by atoms with Gasteiger partial charge in [0.15, 0.2) is 0 Å². The third kappa shape index (κ3) is 4.02. The molecule has 0 aliphatic heterocycles. The fourth-order valence-electron chi connectivity index (χ4n) is 1.40. The highest BCUT2D eigenvalue weighted by Gasteiger charge is 2.07. The van der Waals surface area contributed by atoms with Crippen molar-refractivity contribution in [2.45, 2.75) is 26.8 Å². The molecule has 1 heterocycles. The number of hydrogen-bond acceptors (Lipinski definition) is 3. The van der Waals surface area contributed by atoms with Gasteiger partial charge in [0.1, 0.15) is 0 Å². The van der Waals surface area contributed by atoms with Crippen LogP contribution in [0.25, 0.3) is 0 Å². The smallest absolute Gasteiger partial charge is 0.227 e. The number of aromatic nitrogens is 2. The Bertz CT molecular complexity index is 332. The minimum atomic E-state index is -0.00874. The normalized spacial score (nSPS) is 10.8. The lowest BCUT2D eigenvalue weighted by atomic mass is 10.2. The number of rotatable bonds is 6. The zero-order chi connectivity index (χ0) is 12.0. The number of carbonyl (C=O) groups excluding carboxylic acids is 1.